The number of carbonyl (C=O) groups is 1. The Labute approximate surface area is 168 Å². The molecule has 3 aromatic rings. The maximum Gasteiger partial charge on any atom is 0.435 e. The molecule has 7 nitrogen and oxygen atoms in total. The molecule has 158 valence electrons. The number of alkyl halides is 3. The van der Waals surface area contributed by atoms with Gasteiger partial charge in [-0.15, -0.1) is 10.2 Å². The molecule has 0 saturated heterocycles. The van der Waals surface area contributed by atoms with E-state index < -0.39 is 30.1 Å². The average molecular weight is 422 g/mol. The molecule has 0 fully saturated rings. The zero-order valence-corrected chi connectivity index (χ0v) is 15.8. The summed E-state index contributed by atoms with van der Waals surface area (Å²) < 4.78 is 55.0. The second-order valence-electron chi connectivity index (χ2n) is 7.04. The predicted octanol–water partition coefficient (Wildman–Crippen LogP) is 3.66. The number of hydrogen-bond acceptors (Lipinski definition) is 4. The number of hydrogen-bond donors (Lipinski definition) is 1. The summed E-state index contributed by atoms with van der Waals surface area (Å²) in [7, 11) is 0. The number of benzene rings is 1. The number of fused-ring (bicyclic) bond motifs is 1. The van der Waals surface area contributed by atoms with Crippen molar-refractivity contribution in [3.63, 3.8) is 0 Å². The molecular formula is C19H18F4N6O. The van der Waals surface area contributed by atoms with Gasteiger partial charge in [0.05, 0.1) is 5.69 Å². The van der Waals surface area contributed by atoms with Crippen LogP contribution in [0.25, 0.3) is 11.4 Å². The van der Waals surface area contributed by atoms with Crippen molar-refractivity contribution in [1.29, 1.82) is 0 Å². The van der Waals surface area contributed by atoms with Crippen molar-refractivity contribution in [2.24, 2.45) is 0 Å². The third-order valence-corrected chi connectivity index (χ3v) is 4.84. The molecule has 0 bridgehead atoms. The van der Waals surface area contributed by atoms with E-state index in [9.17, 15) is 22.4 Å². The van der Waals surface area contributed by atoms with Crippen LogP contribution < -0.4 is 5.32 Å². The van der Waals surface area contributed by atoms with Crippen LogP contribution in [-0.2, 0) is 30.5 Å². The van der Waals surface area contributed by atoms with Gasteiger partial charge >= 0.3 is 6.18 Å². The second-order valence-corrected chi connectivity index (χ2v) is 7.04. The van der Waals surface area contributed by atoms with Crippen LogP contribution in [0.3, 0.4) is 0 Å². The molecule has 1 amide bonds. The lowest BCUT2D eigenvalue weighted by atomic mass is 10.1. The Kier molecular flexibility index (Phi) is 5.27. The van der Waals surface area contributed by atoms with Crippen LogP contribution in [0.4, 0.5) is 23.2 Å². The molecule has 0 spiro atoms. The van der Waals surface area contributed by atoms with Crippen LogP contribution in [0.15, 0.2) is 30.5 Å². The highest BCUT2D eigenvalue weighted by Crippen LogP contribution is 2.28. The number of carbonyl (C=O) groups excluding carboxylic acids is 1. The second kappa shape index (κ2) is 7.88. The Morgan fingerprint density at radius 1 is 1.13 bits per heavy atom. The minimum atomic E-state index is -4.60. The number of aryl methyl sites for hydroxylation is 1. The smallest absolute Gasteiger partial charge is 0.322 e. The fourth-order valence-electron chi connectivity index (χ4n) is 3.40. The van der Waals surface area contributed by atoms with Crippen molar-refractivity contribution in [2.45, 2.75) is 44.9 Å². The van der Waals surface area contributed by atoms with Crippen molar-refractivity contribution < 1.29 is 22.4 Å². The largest absolute Gasteiger partial charge is 0.435 e. The van der Waals surface area contributed by atoms with Crippen molar-refractivity contribution >= 4 is 11.6 Å². The van der Waals surface area contributed by atoms with Crippen molar-refractivity contribution in [3.05, 3.63) is 47.8 Å². The third-order valence-electron chi connectivity index (χ3n) is 4.84. The molecule has 3 heterocycles. The van der Waals surface area contributed by atoms with Gasteiger partial charge in [0, 0.05) is 24.7 Å². The number of aromatic nitrogens is 5. The lowest BCUT2D eigenvalue weighted by Crippen LogP contribution is -2.20. The van der Waals surface area contributed by atoms with E-state index in [-0.39, 0.29) is 5.69 Å². The van der Waals surface area contributed by atoms with Crippen LogP contribution in [0.2, 0.25) is 0 Å². The molecule has 4 rings (SSSR count). The summed E-state index contributed by atoms with van der Waals surface area (Å²) in [4.78, 5) is 12.2. The first-order chi connectivity index (χ1) is 14.3. The molecule has 2 aromatic heterocycles. The number of halogens is 4. The molecule has 1 aromatic carbocycles. The standard InChI is InChI=1S/C19H18F4N6O/c20-13-6-5-12(18-26-25-16-4-2-1-3-8-29(16)18)10-14(13)24-17(30)11-28-9-7-15(27-28)19(21,22)23/h5-7,9-10H,1-4,8,11H2,(H,24,30). The molecule has 11 heteroatoms. The predicted molar refractivity (Wildman–Crippen MR) is 98.8 cm³/mol. The molecule has 1 N–H and O–H groups in total. The van der Waals surface area contributed by atoms with E-state index in [1.54, 1.807) is 6.07 Å². The summed E-state index contributed by atoms with van der Waals surface area (Å²) in [6.07, 6.45) is 0.386. The van der Waals surface area contributed by atoms with Gasteiger partial charge in [-0.05, 0) is 37.1 Å². The van der Waals surface area contributed by atoms with Gasteiger partial charge in [-0.25, -0.2) is 4.39 Å². The zero-order chi connectivity index (χ0) is 21.3. The van der Waals surface area contributed by atoms with E-state index in [4.69, 9.17) is 0 Å². The third kappa shape index (κ3) is 4.19. The summed E-state index contributed by atoms with van der Waals surface area (Å²) in [5.41, 5.74) is -0.603. The number of amides is 1. The highest BCUT2D eigenvalue weighted by molar-refractivity contribution is 5.91. The Bertz CT molecular complexity index is 1070. The Hall–Kier alpha value is -3.24. The van der Waals surface area contributed by atoms with E-state index in [1.165, 1.54) is 12.1 Å². The minimum absolute atomic E-state index is 0.0910. The highest BCUT2D eigenvalue weighted by atomic mass is 19.4. The van der Waals surface area contributed by atoms with Crippen molar-refractivity contribution in [3.8, 4) is 11.4 Å². The fourth-order valence-corrected chi connectivity index (χ4v) is 3.40. The number of anilines is 1. The lowest BCUT2D eigenvalue weighted by Gasteiger charge is -2.10. The van der Waals surface area contributed by atoms with Gasteiger partial charge in [-0.1, -0.05) is 6.42 Å². The molecule has 0 unspecified atom stereocenters. The van der Waals surface area contributed by atoms with Crippen LogP contribution in [0.1, 0.15) is 30.8 Å². The van der Waals surface area contributed by atoms with Crippen molar-refractivity contribution in [2.75, 3.05) is 5.32 Å². The summed E-state index contributed by atoms with van der Waals surface area (Å²) in [5.74, 6) is 0.0861. The fraction of sp³-hybridized carbons (Fsp3) is 0.368. The maximum atomic E-state index is 14.2. The van der Waals surface area contributed by atoms with Crippen LogP contribution in [-0.4, -0.2) is 30.5 Å². The molecule has 30 heavy (non-hydrogen) atoms. The minimum Gasteiger partial charge on any atom is -0.322 e. The van der Waals surface area contributed by atoms with E-state index >= 15 is 0 Å². The normalized spacial score (nSPS) is 14.3. The van der Waals surface area contributed by atoms with Crippen LogP contribution >= 0.6 is 0 Å². The summed E-state index contributed by atoms with van der Waals surface area (Å²) >= 11 is 0. The SMILES string of the molecule is O=C(Cn1ccc(C(F)(F)F)n1)Nc1cc(-c2nnc3n2CCCCC3)ccc1F. The molecule has 1 aliphatic heterocycles. The molecule has 0 atom stereocenters. The van der Waals surface area contributed by atoms with Gasteiger partial charge in [0.2, 0.25) is 5.91 Å². The number of nitrogens with zero attached hydrogens (tertiary/aromatic N) is 5. The van der Waals surface area contributed by atoms with Gasteiger partial charge < -0.3 is 9.88 Å². The lowest BCUT2D eigenvalue weighted by molar-refractivity contribution is -0.141. The first kappa shape index (κ1) is 20.0. The molecule has 0 saturated carbocycles. The number of rotatable bonds is 4. The Morgan fingerprint density at radius 2 is 1.97 bits per heavy atom. The molecule has 1 aliphatic rings. The van der Waals surface area contributed by atoms with Gasteiger partial charge in [0.15, 0.2) is 11.5 Å². The molecule has 0 radical (unpaired) electrons. The summed E-state index contributed by atoms with van der Waals surface area (Å²) in [5, 5.41) is 14.1. The van der Waals surface area contributed by atoms with Gasteiger partial charge in [0.1, 0.15) is 18.2 Å². The Balaban J connectivity index is 1.52. The van der Waals surface area contributed by atoms with E-state index in [1.807, 2.05) is 4.57 Å². The molecule has 0 aliphatic carbocycles. The van der Waals surface area contributed by atoms with Crippen LogP contribution in [0.5, 0.6) is 0 Å². The zero-order valence-electron chi connectivity index (χ0n) is 15.8. The first-order valence-electron chi connectivity index (χ1n) is 9.44. The summed E-state index contributed by atoms with van der Waals surface area (Å²) in [6, 6.07) is 4.97. The van der Waals surface area contributed by atoms with Gasteiger partial charge in [-0.2, -0.15) is 18.3 Å². The van der Waals surface area contributed by atoms with E-state index in [2.05, 4.69) is 20.6 Å². The van der Waals surface area contributed by atoms with Crippen molar-refractivity contribution in [1.82, 2.24) is 24.5 Å². The average Bonchev–Trinajstić information content (AvgIpc) is 3.25. The van der Waals surface area contributed by atoms with E-state index in [0.29, 0.717) is 11.4 Å². The first-order valence-corrected chi connectivity index (χ1v) is 9.44. The topological polar surface area (TPSA) is 77.6 Å². The highest BCUT2D eigenvalue weighted by Gasteiger charge is 2.33. The molecular weight excluding hydrogens is 404 g/mol. The number of nitrogens with one attached hydrogen (secondary N) is 1. The summed E-state index contributed by atoms with van der Waals surface area (Å²) in [6.45, 7) is 0.275. The van der Waals surface area contributed by atoms with Gasteiger partial charge in [-0.3, -0.25) is 9.48 Å². The van der Waals surface area contributed by atoms with E-state index in [0.717, 1.165) is 55.0 Å². The monoisotopic (exact) mass is 422 g/mol. The maximum absolute atomic E-state index is 14.2. The van der Waals surface area contributed by atoms with Gasteiger partial charge in [0.25, 0.3) is 0 Å². The van der Waals surface area contributed by atoms with Crippen LogP contribution in [0, 0.1) is 5.82 Å². The Morgan fingerprint density at radius 3 is 2.73 bits per heavy atom. The quantitative estimate of drug-likeness (QED) is 0.651.